The van der Waals surface area contributed by atoms with Crippen LogP contribution in [-0.2, 0) is 11.5 Å². The van der Waals surface area contributed by atoms with Crippen molar-refractivity contribution >= 4 is 67.1 Å². The summed E-state index contributed by atoms with van der Waals surface area (Å²) in [4.78, 5) is 2.28. The molecule has 0 fully saturated rings. The van der Waals surface area contributed by atoms with Crippen molar-refractivity contribution in [1.29, 1.82) is 0 Å². The summed E-state index contributed by atoms with van der Waals surface area (Å²) >= 11 is 3.45. The van der Waals surface area contributed by atoms with E-state index in [9.17, 15) is 10.2 Å². The van der Waals surface area contributed by atoms with Crippen LogP contribution in [0.1, 0.15) is 22.3 Å². The summed E-state index contributed by atoms with van der Waals surface area (Å²) in [6, 6.07) is 50.3. The lowest BCUT2D eigenvalue weighted by atomic mass is 10.1. The van der Waals surface area contributed by atoms with Gasteiger partial charge in [0.2, 0.25) is 0 Å². The summed E-state index contributed by atoms with van der Waals surface area (Å²) in [5.41, 5.74) is 9.88. The Morgan fingerprint density at radius 2 is 0.731 bits per heavy atom. The lowest BCUT2D eigenvalue weighted by Gasteiger charge is -2.16. The number of fused-ring (bicyclic) bond motifs is 6. The van der Waals surface area contributed by atoms with E-state index in [2.05, 4.69) is 169 Å². The molecule has 9 rings (SSSR count). The van der Waals surface area contributed by atoms with Gasteiger partial charge in [-0.2, -0.15) is 0 Å². The van der Waals surface area contributed by atoms with Crippen LogP contribution in [0.15, 0.2) is 155 Å². The second-order valence-corrected chi connectivity index (χ2v) is 15.4. The first-order chi connectivity index (χ1) is 25.5. The summed E-state index contributed by atoms with van der Waals surface area (Å²) in [7, 11) is 0. The first-order valence-electron chi connectivity index (χ1n) is 17.4. The summed E-state index contributed by atoms with van der Waals surface area (Å²) in [5.74, 6) is 1.83. The van der Waals surface area contributed by atoms with Gasteiger partial charge in [0, 0.05) is 54.0 Å². The zero-order valence-corrected chi connectivity index (χ0v) is 30.5. The summed E-state index contributed by atoms with van der Waals surface area (Å²) in [6.07, 6.45) is 0. The topological polar surface area (TPSA) is 50.3 Å². The molecule has 0 saturated heterocycles. The van der Waals surface area contributed by atoms with Gasteiger partial charge < -0.3 is 19.3 Å². The molecule has 0 unspecified atom stereocenters. The average molecular weight is 713 g/mol. The number of hydrogen-bond donors (Lipinski definition) is 2. The van der Waals surface area contributed by atoms with Gasteiger partial charge >= 0.3 is 0 Å². The largest absolute Gasteiger partial charge is 0.505 e. The molecule has 2 aromatic heterocycles. The van der Waals surface area contributed by atoms with E-state index in [1.54, 1.807) is 23.5 Å². The molecule has 0 saturated carbocycles. The molecule has 4 nitrogen and oxygen atoms in total. The smallest absolute Gasteiger partial charge is 0.143 e. The first kappa shape index (κ1) is 32.4. The lowest BCUT2D eigenvalue weighted by Crippen LogP contribution is -1.98. The van der Waals surface area contributed by atoms with E-state index in [0.29, 0.717) is 23.0 Å². The number of benzene rings is 7. The number of thioether (sulfide) groups is 2. The predicted molar refractivity (Wildman–Crippen MR) is 220 cm³/mol. The Hall–Kier alpha value is -5.56. The van der Waals surface area contributed by atoms with Gasteiger partial charge in [-0.05, 0) is 73.5 Å². The minimum atomic E-state index is 0.303. The van der Waals surface area contributed by atoms with E-state index in [1.807, 2.05) is 0 Å². The van der Waals surface area contributed by atoms with Crippen molar-refractivity contribution in [3.8, 4) is 22.9 Å². The maximum absolute atomic E-state index is 11.8. The molecule has 0 aliphatic heterocycles. The highest BCUT2D eigenvalue weighted by molar-refractivity contribution is 8.01. The molecule has 0 spiro atoms. The molecule has 2 heterocycles. The van der Waals surface area contributed by atoms with Crippen molar-refractivity contribution in [3.63, 3.8) is 0 Å². The standard InChI is InChI=1S/C46H36N2O2S2/c1-29-23-31(45(49)41(25-29)47-37-17-7-3-13-33(37)34-14-4-8-18-38(34)47)27-51-43-21-11-12-22-44(43)52-28-32-24-30(2)26-42(46(32)50)48-39-19-9-5-15-35(39)36-16-6-10-20-40(36)48/h3-26,49-50H,27-28H2,1-2H3. The molecule has 52 heavy (non-hydrogen) atoms. The van der Waals surface area contributed by atoms with Crippen LogP contribution in [0, 0.1) is 13.8 Å². The van der Waals surface area contributed by atoms with Gasteiger partial charge in [0.05, 0.1) is 33.4 Å². The minimum absolute atomic E-state index is 0.303. The highest BCUT2D eigenvalue weighted by Crippen LogP contribution is 2.42. The molecular formula is C46H36N2O2S2. The molecule has 0 radical (unpaired) electrons. The lowest BCUT2D eigenvalue weighted by molar-refractivity contribution is 0.468. The van der Waals surface area contributed by atoms with Crippen LogP contribution < -0.4 is 0 Å². The van der Waals surface area contributed by atoms with Gasteiger partial charge in [-0.15, -0.1) is 23.5 Å². The Bertz CT molecular complexity index is 2510. The van der Waals surface area contributed by atoms with Gasteiger partial charge in [-0.25, -0.2) is 0 Å². The number of aromatic hydroxyl groups is 2. The number of phenols is 2. The SMILES string of the molecule is Cc1cc(CSc2ccccc2SCc2cc(C)cc(-n3c4ccccc4c4ccccc43)c2O)c(O)c(-n2c3ccccc3c3ccccc32)c1. The molecule has 0 atom stereocenters. The van der Waals surface area contributed by atoms with Crippen molar-refractivity contribution in [1.82, 2.24) is 9.13 Å². The Morgan fingerprint density at radius 3 is 1.08 bits per heavy atom. The van der Waals surface area contributed by atoms with E-state index < -0.39 is 0 Å². The Kier molecular flexibility index (Phi) is 8.22. The third-order valence-corrected chi connectivity index (χ3v) is 12.3. The van der Waals surface area contributed by atoms with Crippen LogP contribution in [-0.4, -0.2) is 19.3 Å². The number of para-hydroxylation sites is 4. The number of aryl methyl sites for hydroxylation is 2. The normalized spacial score (nSPS) is 11.7. The maximum Gasteiger partial charge on any atom is 0.143 e. The highest BCUT2D eigenvalue weighted by Gasteiger charge is 2.19. The zero-order chi connectivity index (χ0) is 35.3. The fourth-order valence-corrected chi connectivity index (χ4v) is 9.78. The summed E-state index contributed by atoms with van der Waals surface area (Å²) in [5, 5.41) is 28.3. The van der Waals surface area contributed by atoms with Crippen molar-refractivity contribution in [2.24, 2.45) is 0 Å². The maximum atomic E-state index is 11.8. The van der Waals surface area contributed by atoms with Gasteiger partial charge in [0.15, 0.2) is 0 Å². The molecular weight excluding hydrogens is 677 g/mol. The summed E-state index contributed by atoms with van der Waals surface area (Å²) < 4.78 is 4.37. The third kappa shape index (κ3) is 5.50. The predicted octanol–water partition coefficient (Wildman–Crippen LogP) is 12.5. The van der Waals surface area contributed by atoms with Crippen LogP contribution in [0.4, 0.5) is 0 Å². The fraction of sp³-hybridized carbons (Fsp3) is 0.0870. The van der Waals surface area contributed by atoms with Gasteiger partial charge in [-0.3, -0.25) is 0 Å². The molecule has 7 aromatic carbocycles. The second kappa shape index (κ2) is 13.2. The Morgan fingerprint density at radius 1 is 0.423 bits per heavy atom. The van der Waals surface area contributed by atoms with Gasteiger partial charge in [0.25, 0.3) is 0 Å². The highest BCUT2D eigenvalue weighted by atomic mass is 32.2. The van der Waals surface area contributed by atoms with E-state index in [0.717, 1.165) is 65.5 Å². The Balaban J connectivity index is 1.02. The molecule has 0 aliphatic carbocycles. The third-order valence-electron chi connectivity index (χ3n) is 9.88. The molecule has 254 valence electrons. The van der Waals surface area contributed by atoms with E-state index in [1.165, 1.54) is 21.5 Å². The van der Waals surface area contributed by atoms with E-state index >= 15 is 0 Å². The minimum Gasteiger partial charge on any atom is -0.505 e. The first-order valence-corrected chi connectivity index (χ1v) is 19.4. The molecule has 0 aliphatic rings. The molecule has 9 aromatic rings. The Labute approximate surface area is 311 Å². The van der Waals surface area contributed by atoms with Crippen LogP contribution in [0.5, 0.6) is 11.5 Å². The number of nitrogens with zero attached hydrogens (tertiary/aromatic N) is 2. The van der Waals surface area contributed by atoms with E-state index in [4.69, 9.17) is 0 Å². The van der Waals surface area contributed by atoms with Gasteiger partial charge in [0.1, 0.15) is 11.5 Å². The molecule has 6 heteroatoms. The second-order valence-electron chi connectivity index (χ2n) is 13.3. The average Bonchev–Trinajstić information content (AvgIpc) is 3.68. The zero-order valence-electron chi connectivity index (χ0n) is 28.9. The number of rotatable bonds is 8. The quantitative estimate of drug-likeness (QED) is 0.154. The van der Waals surface area contributed by atoms with Crippen molar-refractivity contribution in [2.45, 2.75) is 35.1 Å². The van der Waals surface area contributed by atoms with Crippen molar-refractivity contribution in [2.75, 3.05) is 0 Å². The van der Waals surface area contributed by atoms with Gasteiger partial charge in [-0.1, -0.05) is 97.1 Å². The number of hydrogen-bond acceptors (Lipinski definition) is 4. The van der Waals surface area contributed by atoms with Crippen LogP contribution in [0.25, 0.3) is 55.0 Å². The van der Waals surface area contributed by atoms with Crippen LogP contribution in [0.2, 0.25) is 0 Å². The van der Waals surface area contributed by atoms with Crippen molar-refractivity contribution < 1.29 is 10.2 Å². The van der Waals surface area contributed by atoms with Crippen LogP contribution >= 0.6 is 23.5 Å². The monoisotopic (exact) mass is 712 g/mol. The molecule has 2 N–H and O–H groups in total. The number of phenolic OH excluding ortho intramolecular Hbond substituents is 2. The van der Waals surface area contributed by atoms with Crippen molar-refractivity contribution in [3.05, 3.63) is 168 Å². The molecule has 0 amide bonds. The molecule has 0 bridgehead atoms. The van der Waals surface area contributed by atoms with Crippen LogP contribution in [0.3, 0.4) is 0 Å². The fourth-order valence-electron chi connectivity index (χ4n) is 7.59. The number of aromatic nitrogens is 2. The van der Waals surface area contributed by atoms with E-state index in [-0.39, 0.29) is 0 Å². The summed E-state index contributed by atoms with van der Waals surface area (Å²) in [6.45, 7) is 4.19.